The highest BCUT2D eigenvalue weighted by molar-refractivity contribution is 5.96. The van der Waals surface area contributed by atoms with Crippen molar-refractivity contribution >= 4 is 28.8 Å². The van der Waals surface area contributed by atoms with Gasteiger partial charge < -0.3 is 24.1 Å². The standard InChI is InChI=1S/C21H26N4O6/c1-20(2,3)30-18(27)24-7-5-21(6-8-24)11-25(19(28)31-21)15-9-13-14(10-16(15)29-4)22-12-23-17(13)26/h9-10,12H,5-8,11H2,1-4H3,(H,22,23,26). The zero-order chi connectivity index (χ0) is 22.4. The first-order valence-electron chi connectivity index (χ1n) is 10.1. The van der Waals surface area contributed by atoms with E-state index in [1.165, 1.54) is 18.3 Å². The van der Waals surface area contributed by atoms with Crippen molar-refractivity contribution in [3.05, 3.63) is 28.8 Å². The number of nitrogens with one attached hydrogen (secondary N) is 1. The number of benzene rings is 1. The number of aromatic amines is 1. The third-order valence-electron chi connectivity index (χ3n) is 5.53. The number of aromatic nitrogens is 2. The summed E-state index contributed by atoms with van der Waals surface area (Å²) in [6.45, 7) is 6.62. The van der Waals surface area contributed by atoms with Crippen LogP contribution < -0.4 is 15.2 Å². The number of nitrogens with zero attached hydrogens (tertiary/aromatic N) is 3. The molecular formula is C21H26N4O6. The van der Waals surface area contributed by atoms with E-state index < -0.39 is 17.3 Å². The van der Waals surface area contributed by atoms with Gasteiger partial charge in [0.15, 0.2) is 0 Å². The first kappa shape index (κ1) is 21.0. The molecule has 0 unspecified atom stereocenters. The molecule has 2 amide bonds. The van der Waals surface area contributed by atoms with Crippen molar-refractivity contribution in [2.75, 3.05) is 31.6 Å². The minimum atomic E-state index is -0.711. The van der Waals surface area contributed by atoms with E-state index in [-0.39, 0.29) is 11.7 Å². The van der Waals surface area contributed by atoms with Crippen LogP contribution in [-0.4, -0.2) is 65.0 Å². The molecule has 0 aliphatic carbocycles. The molecule has 3 heterocycles. The number of methoxy groups -OCH3 is 1. The van der Waals surface area contributed by atoms with E-state index in [4.69, 9.17) is 14.2 Å². The molecule has 0 bridgehead atoms. The predicted octanol–water partition coefficient (Wildman–Crippen LogP) is 2.66. The maximum absolute atomic E-state index is 12.8. The molecule has 10 heteroatoms. The van der Waals surface area contributed by atoms with Gasteiger partial charge in [0.25, 0.3) is 5.56 Å². The van der Waals surface area contributed by atoms with Crippen molar-refractivity contribution in [3.63, 3.8) is 0 Å². The lowest BCUT2D eigenvalue weighted by molar-refractivity contribution is -0.0167. The number of rotatable bonds is 2. The zero-order valence-corrected chi connectivity index (χ0v) is 18.1. The third kappa shape index (κ3) is 4.01. The van der Waals surface area contributed by atoms with Crippen molar-refractivity contribution in [1.82, 2.24) is 14.9 Å². The highest BCUT2D eigenvalue weighted by atomic mass is 16.6. The molecule has 2 fully saturated rings. The summed E-state index contributed by atoms with van der Waals surface area (Å²) in [6, 6.07) is 3.22. The second-order valence-corrected chi connectivity index (χ2v) is 8.88. The van der Waals surface area contributed by atoms with E-state index in [9.17, 15) is 14.4 Å². The molecule has 1 N–H and O–H groups in total. The molecule has 2 aliphatic heterocycles. The van der Waals surface area contributed by atoms with Gasteiger partial charge in [0.2, 0.25) is 0 Å². The summed E-state index contributed by atoms with van der Waals surface area (Å²) < 4.78 is 16.7. The number of hydrogen-bond donors (Lipinski definition) is 1. The van der Waals surface area contributed by atoms with Crippen LogP contribution in [0.3, 0.4) is 0 Å². The fraction of sp³-hybridized carbons (Fsp3) is 0.524. The number of ether oxygens (including phenoxy) is 3. The van der Waals surface area contributed by atoms with Gasteiger partial charge in [-0.3, -0.25) is 9.69 Å². The number of amides is 2. The Labute approximate surface area is 179 Å². The van der Waals surface area contributed by atoms with Gasteiger partial charge in [-0.2, -0.15) is 0 Å². The van der Waals surface area contributed by atoms with Crippen LogP contribution in [0.4, 0.5) is 15.3 Å². The molecule has 0 radical (unpaired) electrons. The molecule has 4 rings (SSSR count). The van der Waals surface area contributed by atoms with E-state index in [0.717, 1.165) is 0 Å². The van der Waals surface area contributed by atoms with Crippen molar-refractivity contribution in [2.45, 2.75) is 44.8 Å². The fourth-order valence-corrected chi connectivity index (χ4v) is 3.95. The van der Waals surface area contributed by atoms with Gasteiger partial charge in [0.1, 0.15) is 17.0 Å². The number of anilines is 1. The zero-order valence-electron chi connectivity index (χ0n) is 18.1. The molecule has 1 aromatic carbocycles. The van der Waals surface area contributed by atoms with Gasteiger partial charge >= 0.3 is 12.2 Å². The Balaban J connectivity index is 1.55. The van der Waals surface area contributed by atoms with Crippen LogP contribution >= 0.6 is 0 Å². The highest BCUT2D eigenvalue weighted by Crippen LogP contribution is 2.40. The van der Waals surface area contributed by atoms with Crippen molar-refractivity contribution < 1.29 is 23.8 Å². The number of fused-ring (bicyclic) bond motifs is 1. The Morgan fingerprint density at radius 2 is 1.94 bits per heavy atom. The van der Waals surface area contributed by atoms with Crippen molar-refractivity contribution in [1.29, 1.82) is 0 Å². The summed E-state index contributed by atoms with van der Waals surface area (Å²) in [4.78, 5) is 47.1. The lowest BCUT2D eigenvalue weighted by atomic mass is 9.91. The molecule has 2 aromatic rings. The van der Waals surface area contributed by atoms with E-state index in [2.05, 4.69) is 9.97 Å². The third-order valence-corrected chi connectivity index (χ3v) is 5.53. The average molecular weight is 430 g/mol. The Bertz CT molecular complexity index is 1080. The molecule has 0 atom stereocenters. The summed E-state index contributed by atoms with van der Waals surface area (Å²) in [6.07, 6.45) is 1.43. The monoisotopic (exact) mass is 430 g/mol. The normalized spacial score (nSPS) is 18.4. The van der Waals surface area contributed by atoms with Crippen LogP contribution in [0.5, 0.6) is 5.75 Å². The smallest absolute Gasteiger partial charge is 0.415 e. The van der Waals surface area contributed by atoms with E-state index in [1.54, 1.807) is 17.0 Å². The predicted molar refractivity (Wildman–Crippen MR) is 113 cm³/mol. The van der Waals surface area contributed by atoms with Gasteiger partial charge in [-0.15, -0.1) is 0 Å². The number of likely N-dealkylation sites (tertiary alicyclic amines) is 1. The van der Waals surface area contributed by atoms with Crippen molar-refractivity contribution in [3.8, 4) is 5.75 Å². The summed E-state index contributed by atoms with van der Waals surface area (Å²) >= 11 is 0. The summed E-state index contributed by atoms with van der Waals surface area (Å²) in [5.74, 6) is 0.422. The second-order valence-electron chi connectivity index (χ2n) is 8.88. The number of carbonyl (C=O) groups is 2. The Kier molecular flexibility index (Phi) is 5.03. The number of piperidine rings is 1. The highest BCUT2D eigenvalue weighted by Gasteiger charge is 2.49. The molecule has 0 saturated carbocycles. The minimum absolute atomic E-state index is 0.300. The van der Waals surface area contributed by atoms with E-state index in [1.807, 2.05) is 20.8 Å². The molecule has 1 aromatic heterocycles. The SMILES string of the molecule is COc1cc2nc[nH]c(=O)c2cc1N1CC2(CCN(C(=O)OC(C)(C)C)CC2)OC1=O. The maximum atomic E-state index is 12.8. The molecule has 166 valence electrons. The average Bonchev–Trinajstić information content (AvgIpc) is 3.02. The van der Waals surface area contributed by atoms with Crippen LogP contribution in [-0.2, 0) is 9.47 Å². The van der Waals surface area contributed by atoms with Gasteiger partial charge in [0.05, 0.1) is 36.6 Å². The quantitative estimate of drug-likeness (QED) is 0.779. The maximum Gasteiger partial charge on any atom is 0.415 e. The number of H-pyrrole nitrogens is 1. The molecule has 1 spiro atoms. The van der Waals surface area contributed by atoms with Crippen LogP contribution in [0.15, 0.2) is 23.3 Å². The van der Waals surface area contributed by atoms with Crippen molar-refractivity contribution in [2.24, 2.45) is 0 Å². The largest absolute Gasteiger partial charge is 0.494 e. The molecule has 31 heavy (non-hydrogen) atoms. The van der Waals surface area contributed by atoms with Crippen LogP contribution in [0.25, 0.3) is 10.9 Å². The Hall–Kier alpha value is -3.30. The van der Waals surface area contributed by atoms with Gasteiger partial charge in [0, 0.05) is 32.0 Å². The molecule has 10 nitrogen and oxygen atoms in total. The van der Waals surface area contributed by atoms with Crippen LogP contribution in [0.2, 0.25) is 0 Å². The summed E-state index contributed by atoms with van der Waals surface area (Å²) in [5, 5.41) is 0.354. The Morgan fingerprint density at radius 1 is 1.23 bits per heavy atom. The first-order valence-corrected chi connectivity index (χ1v) is 10.1. The minimum Gasteiger partial charge on any atom is -0.494 e. The lowest BCUT2D eigenvalue weighted by Gasteiger charge is -2.37. The molecular weight excluding hydrogens is 404 g/mol. The second kappa shape index (κ2) is 7.44. The van der Waals surface area contributed by atoms with Gasteiger partial charge in [-0.1, -0.05) is 0 Å². The first-order chi connectivity index (χ1) is 14.6. The Morgan fingerprint density at radius 3 is 2.58 bits per heavy atom. The number of carbonyl (C=O) groups excluding carboxylic acids is 2. The number of hydrogen-bond acceptors (Lipinski definition) is 7. The van der Waals surface area contributed by atoms with Gasteiger partial charge in [-0.05, 0) is 26.8 Å². The summed E-state index contributed by atoms with van der Waals surface area (Å²) in [7, 11) is 1.49. The topological polar surface area (TPSA) is 114 Å². The molecule has 2 saturated heterocycles. The van der Waals surface area contributed by atoms with E-state index in [0.29, 0.717) is 54.8 Å². The van der Waals surface area contributed by atoms with Crippen LogP contribution in [0, 0.1) is 0 Å². The molecule has 2 aliphatic rings. The van der Waals surface area contributed by atoms with Gasteiger partial charge in [-0.25, -0.2) is 14.6 Å². The van der Waals surface area contributed by atoms with E-state index >= 15 is 0 Å². The fourth-order valence-electron chi connectivity index (χ4n) is 3.95. The summed E-state index contributed by atoms with van der Waals surface area (Å²) in [5.41, 5.74) is -0.664. The van der Waals surface area contributed by atoms with Crippen LogP contribution in [0.1, 0.15) is 33.6 Å². The lowest BCUT2D eigenvalue weighted by Crippen LogP contribution is -2.49.